The smallest absolute Gasteiger partial charge is 0.326 e. The summed E-state index contributed by atoms with van der Waals surface area (Å²) in [6, 6.07) is 6.13. The van der Waals surface area contributed by atoms with E-state index >= 15 is 0 Å². The SMILES string of the molecule is CC(C)OC(=O)CN1C(=O)S/C(=C/c2ccc3c(c2)C(C)CC(C)(C)N3C)C1=O. The molecule has 6 nitrogen and oxygen atoms in total. The minimum absolute atomic E-state index is 0.0845. The Hall–Kier alpha value is -2.28. The van der Waals surface area contributed by atoms with Crippen LogP contribution >= 0.6 is 11.8 Å². The maximum atomic E-state index is 12.6. The van der Waals surface area contributed by atoms with Gasteiger partial charge in [-0.15, -0.1) is 0 Å². The molecule has 0 radical (unpaired) electrons. The molecule has 1 aromatic carbocycles. The summed E-state index contributed by atoms with van der Waals surface area (Å²) < 4.78 is 5.04. The maximum Gasteiger partial charge on any atom is 0.326 e. The quantitative estimate of drug-likeness (QED) is 0.535. The number of amides is 2. The first-order valence-corrected chi connectivity index (χ1v) is 10.6. The molecule has 2 aliphatic rings. The van der Waals surface area contributed by atoms with Gasteiger partial charge in [-0.25, -0.2) is 0 Å². The number of fused-ring (bicyclic) bond motifs is 1. The third kappa shape index (κ3) is 4.34. The number of ether oxygens (including phenoxy) is 1. The fourth-order valence-electron chi connectivity index (χ4n) is 3.90. The first kappa shape index (κ1) is 21.4. The fourth-order valence-corrected chi connectivity index (χ4v) is 4.74. The lowest BCUT2D eigenvalue weighted by atomic mass is 9.80. The van der Waals surface area contributed by atoms with E-state index < -0.39 is 17.1 Å². The number of carbonyl (C=O) groups excluding carboxylic acids is 3. The van der Waals surface area contributed by atoms with Crippen molar-refractivity contribution < 1.29 is 19.1 Å². The number of benzene rings is 1. The third-order valence-corrected chi connectivity index (χ3v) is 6.39. The number of thioether (sulfide) groups is 1. The monoisotopic (exact) mass is 416 g/mol. The van der Waals surface area contributed by atoms with E-state index in [0.29, 0.717) is 10.8 Å². The molecule has 0 saturated carbocycles. The molecule has 0 bridgehead atoms. The summed E-state index contributed by atoms with van der Waals surface area (Å²) in [4.78, 5) is 40.3. The van der Waals surface area contributed by atoms with Crippen LogP contribution in [0.5, 0.6) is 0 Å². The van der Waals surface area contributed by atoms with Crippen LogP contribution in [-0.2, 0) is 14.3 Å². The molecule has 2 aliphatic heterocycles. The highest BCUT2D eigenvalue weighted by Gasteiger charge is 2.37. The maximum absolute atomic E-state index is 12.6. The minimum atomic E-state index is -0.586. The second-order valence-corrected chi connectivity index (χ2v) is 9.59. The number of hydrogen-bond acceptors (Lipinski definition) is 6. The molecule has 0 aromatic heterocycles. The summed E-state index contributed by atoms with van der Waals surface area (Å²) >= 11 is 0.856. The molecule has 1 unspecified atom stereocenters. The van der Waals surface area contributed by atoms with Crippen molar-refractivity contribution in [3.8, 4) is 0 Å². The number of rotatable bonds is 4. The molecule has 1 aromatic rings. The van der Waals surface area contributed by atoms with E-state index in [4.69, 9.17) is 4.74 Å². The molecule has 0 N–H and O–H groups in total. The Morgan fingerprint density at radius 3 is 2.69 bits per heavy atom. The molecule has 3 rings (SSSR count). The van der Waals surface area contributed by atoms with Crippen molar-refractivity contribution in [3.05, 3.63) is 34.2 Å². The highest BCUT2D eigenvalue weighted by Crippen LogP contribution is 2.43. The van der Waals surface area contributed by atoms with Gasteiger partial charge in [0.2, 0.25) is 0 Å². The van der Waals surface area contributed by atoms with E-state index in [-0.39, 0.29) is 18.2 Å². The predicted molar refractivity (Wildman–Crippen MR) is 116 cm³/mol. The zero-order valence-corrected chi connectivity index (χ0v) is 18.6. The number of hydrogen-bond donors (Lipinski definition) is 0. The van der Waals surface area contributed by atoms with Crippen molar-refractivity contribution in [2.45, 2.75) is 58.6 Å². The van der Waals surface area contributed by atoms with Gasteiger partial charge in [0.25, 0.3) is 11.1 Å². The largest absolute Gasteiger partial charge is 0.462 e. The highest BCUT2D eigenvalue weighted by atomic mass is 32.2. The number of anilines is 1. The average Bonchev–Trinajstić information content (AvgIpc) is 2.86. The zero-order valence-electron chi connectivity index (χ0n) is 17.8. The van der Waals surface area contributed by atoms with Crippen LogP contribution in [0.4, 0.5) is 10.5 Å². The Morgan fingerprint density at radius 2 is 2.03 bits per heavy atom. The van der Waals surface area contributed by atoms with Gasteiger partial charge in [-0.05, 0) is 81.1 Å². The molecular weight excluding hydrogens is 388 g/mol. The number of carbonyl (C=O) groups is 3. The summed E-state index contributed by atoms with van der Waals surface area (Å²) in [6.45, 7) is 9.77. The van der Waals surface area contributed by atoms with Crippen LogP contribution in [-0.4, -0.2) is 47.3 Å². The summed E-state index contributed by atoms with van der Waals surface area (Å²) in [5.74, 6) is -0.646. The molecule has 1 saturated heterocycles. The Balaban J connectivity index is 1.83. The van der Waals surface area contributed by atoms with Crippen LogP contribution < -0.4 is 4.90 Å². The number of nitrogens with zero attached hydrogens (tertiary/aromatic N) is 2. The zero-order chi connectivity index (χ0) is 21.5. The van der Waals surface area contributed by atoms with Crippen molar-refractivity contribution in [1.82, 2.24) is 4.90 Å². The van der Waals surface area contributed by atoms with Gasteiger partial charge in [0.05, 0.1) is 11.0 Å². The van der Waals surface area contributed by atoms with Crippen LogP contribution in [0.15, 0.2) is 23.1 Å². The van der Waals surface area contributed by atoms with Crippen molar-refractivity contribution >= 4 is 40.6 Å². The standard InChI is InChI=1S/C22H28N2O4S/c1-13(2)28-19(25)12-24-20(26)18(29-21(24)27)10-15-7-8-17-16(9-15)14(3)11-22(4,5)23(17)6/h7-10,13-14H,11-12H2,1-6H3/b18-10+. The minimum Gasteiger partial charge on any atom is -0.462 e. The van der Waals surface area contributed by atoms with E-state index in [2.05, 4.69) is 44.9 Å². The van der Waals surface area contributed by atoms with Gasteiger partial charge >= 0.3 is 5.97 Å². The lowest BCUT2D eigenvalue weighted by Gasteiger charge is -2.45. The van der Waals surface area contributed by atoms with Gasteiger partial charge in [0.1, 0.15) is 6.54 Å². The Kier molecular flexibility index (Phi) is 5.81. The molecule has 2 amide bonds. The third-order valence-electron chi connectivity index (χ3n) is 5.48. The molecule has 2 heterocycles. The van der Waals surface area contributed by atoms with Crippen LogP contribution in [0.1, 0.15) is 58.1 Å². The molecule has 1 atom stereocenters. The van der Waals surface area contributed by atoms with E-state index in [9.17, 15) is 14.4 Å². The topological polar surface area (TPSA) is 66.9 Å². The summed E-state index contributed by atoms with van der Waals surface area (Å²) in [5.41, 5.74) is 3.39. The van der Waals surface area contributed by atoms with Gasteiger partial charge in [0, 0.05) is 18.3 Å². The van der Waals surface area contributed by atoms with Crippen molar-refractivity contribution in [2.24, 2.45) is 0 Å². The molecular formula is C22H28N2O4S. The van der Waals surface area contributed by atoms with Gasteiger partial charge in [-0.2, -0.15) is 0 Å². The van der Waals surface area contributed by atoms with E-state index in [1.54, 1.807) is 19.9 Å². The molecule has 0 spiro atoms. The second kappa shape index (κ2) is 7.86. The van der Waals surface area contributed by atoms with Crippen LogP contribution in [0, 0.1) is 0 Å². The summed E-state index contributed by atoms with van der Waals surface area (Å²) in [5, 5.41) is -0.449. The molecule has 29 heavy (non-hydrogen) atoms. The predicted octanol–water partition coefficient (Wildman–Crippen LogP) is 4.40. The first-order valence-electron chi connectivity index (χ1n) is 9.82. The van der Waals surface area contributed by atoms with Crippen LogP contribution in [0.3, 0.4) is 0 Å². The van der Waals surface area contributed by atoms with Gasteiger partial charge in [-0.3, -0.25) is 19.3 Å². The highest BCUT2D eigenvalue weighted by molar-refractivity contribution is 8.18. The number of imide groups is 1. The summed E-state index contributed by atoms with van der Waals surface area (Å²) in [6.07, 6.45) is 2.47. The van der Waals surface area contributed by atoms with E-state index in [1.807, 2.05) is 6.07 Å². The fraction of sp³-hybridized carbons (Fsp3) is 0.500. The Morgan fingerprint density at radius 1 is 1.34 bits per heavy atom. The van der Waals surface area contributed by atoms with E-state index in [0.717, 1.165) is 28.6 Å². The molecule has 156 valence electrons. The average molecular weight is 417 g/mol. The number of esters is 1. The van der Waals surface area contributed by atoms with Gasteiger partial charge in [0.15, 0.2) is 0 Å². The lowest BCUT2D eigenvalue weighted by Crippen LogP contribution is -2.45. The Labute approximate surface area is 176 Å². The first-order chi connectivity index (χ1) is 13.5. The van der Waals surface area contributed by atoms with Crippen molar-refractivity contribution in [1.29, 1.82) is 0 Å². The van der Waals surface area contributed by atoms with E-state index in [1.165, 1.54) is 11.3 Å². The molecule has 7 heteroatoms. The normalized spacial score (nSPS) is 22.4. The van der Waals surface area contributed by atoms with Crippen molar-refractivity contribution in [2.75, 3.05) is 18.5 Å². The Bertz CT molecular complexity index is 891. The summed E-state index contributed by atoms with van der Waals surface area (Å²) in [7, 11) is 2.10. The van der Waals surface area contributed by atoms with Crippen LogP contribution in [0.2, 0.25) is 0 Å². The second-order valence-electron chi connectivity index (χ2n) is 8.60. The van der Waals surface area contributed by atoms with Gasteiger partial charge in [-0.1, -0.05) is 13.0 Å². The van der Waals surface area contributed by atoms with Crippen LogP contribution in [0.25, 0.3) is 6.08 Å². The molecule has 0 aliphatic carbocycles. The van der Waals surface area contributed by atoms with Crippen molar-refractivity contribution in [3.63, 3.8) is 0 Å². The molecule has 1 fully saturated rings. The van der Waals surface area contributed by atoms with Gasteiger partial charge < -0.3 is 9.64 Å². The lowest BCUT2D eigenvalue weighted by molar-refractivity contribution is -0.149.